The monoisotopic (exact) mass is 643 g/mol. The Balaban J connectivity index is 0.000000267. The first kappa shape index (κ1) is 31.4. The van der Waals surface area contributed by atoms with Gasteiger partial charge in [-0.3, -0.25) is 19.8 Å². The Morgan fingerprint density at radius 1 is 0.897 bits per heavy atom. The maximum absolute atomic E-state index is 10.9. The van der Waals surface area contributed by atoms with E-state index in [0.717, 1.165) is 12.2 Å². The molecule has 199 valence electrons. The second-order valence-electron chi connectivity index (χ2n) is 6.28. The van der Waals surface area contributed by atoms with E-state index in [1.165, 1.54) is 70.5 Å². The fraction of sp³-hybridized carbons (Fsp3) is 0.100. The van der Waals surface area contributed by atoms with Crippen LogP contribution in [-0.4, -0.2) is 55.0 Å². The van der Waals surface area contributed by atoms with Crippen LogP contribution >= 0.6 is 46.2 Å². The third-order valence-electron chi connectivity index (χ3n) is 3.68. The number of allylic oxidation sites excluding steroid dienone is 6. The number of nitrogens with zero attached hydrogens (tertiary/aromatic N) is 10. The van der Waals surface area contributed by atoms with Gasteiger partial charge in [0, 0.05) is 21.8 Å². The number of ketones is 2. The predicted octanol–water partition coefficient (Wildman–Crippen LogP) is 1.46. The molecule has 39 heavy (non-hydrogen) atoms. The molecule has 2 N–H and O–H groups in total. The van der Waals surface area contributed by atoms with E-state index >= 15 is 0 Å². The Morgan fingerprint density at radius 2 is 1.38 bits per heavy atom. The number of hydrogen-bond donors (Lipinski definition) is 2. The van der Waals surface area contributed by atoms with Crippen LogP contribution in [0.2, 0.25) is 0 Å². The molecular formula is C20H12CoN10O4S4. The molecule has 19 heteroatoms. The van der Waals surface area contributed by atoms with Crippen molar-refractivity contribution >= 4 is 69.2 Å². The Kier molecular flexibility index (Phi) is 13.0. The van der Waals surface area contributed by atoms with Crippen molar-refractivity contribution in [2.75, 3.05) is 11.6 Å². The van der Waals surface area contributed by atoms with Crippen molar-refractivity contribution in [3.8, 4) is 6.07 Å². The molecule has 2 aliphatic carbocycles. The average molecular weight is 644 g/mol. The third-order valence-corrected chi connectivity index (χ3v) is 7.28. The summed E-state index contributed by atoms with van der Waals surface area (Å²) in [4.78, 5) is 25.7. The van der Waals surface area contributed by atoms with Crippen LogP contribution in [0.5, 0.6) is 0 Å². The molecule has 0 amide bonds. The van der Waals surface area contributed by atoms with Gasteiger partial charge in [0.15, 0.2) is 15.9 Å². The molecule has 0 spiro atoms. The number of carbonyl (C=O) groups is 2. The fourth-order valence-electron chi connectivity index (χ4n) is 2.15. The van der Waals surface area contributed by atoms with Crippen molar-refractivity contribution < 1.29 is 36.6 Å². The standard InChI is InChI=1S/2C10H7N5O2S2.Co/c1-11-5-18-10-15-14-9(19-10)13-12-7-3-2-6(16)4-8(7)17;11-3-4-18-10-15-14-9(19-10)13-12-7-2-1-6(16)5-8(7)17;/h2-4H,5H2,(H2,13,14,16,17);1-2,5H,4H2,(H2,13,14,16,17);/q;;+2/p-2. The molecule has 0 fully saturated rings. The van der Waals surface area contributed by atoms with Crippen molar-refractivity contribution in [3.05, 3.63) is 69.0 Å². The first-order valence-corrected chi connectivity index (χ1v) is 13.4. The summed E-state index contributed by atoms with van der Waals surface area (Å²) in [6, 6.07) is 1.98. The van der Waals surface area contributed by atoms with Gasteiger partial charge >= 0.3 is 16.8 Å². The number of aliphatic hydroxyl groups excluding tert-OH is 2. The number of aromatic nitrogens is 4. The topological polar surface area (TPSA) is 206 Å². The number of aliphatic hydroxyl groups is 2. The summed E-state index contributed by atoms with van der Waals surface area (Å²) < 4.78 is 1.25. The van der Waals surface area contributed by atoms with Crippen LogP contribution in [0.1, 0.15) is 0 Å². The average Bonchev–Trinajstić information content (AvgIpc) is 3.55. The number of rotatable bonds is 6. The molecule has 0 unspecified atom stereocenters. The van der Waals surface area contributed by atoms with Crippen LogP contribution in [0.25, 0.3) is 4.85 Å². The zero-order valence-corrected chi connectivity index (χ0v) is 23.3. The maximum atomic E-state index is 10.9. The van der Waals surface area contributed by atoms with E-state index in [2.05, 4.69) is 45.6 Å². The van der Waals surface area contributed by atoms with Gasteiger partial charge in [0.05, 0.1) is 11.8 Å². The van der Waals surface area contributed by atoms with E-state index in [9.17, 15) is 19.8 Å². The van der Waals surface area contributed by atoms with Crippen LogP contribution in [0.3, 0.4) is 0 Å². The Bertz CT molecular complexity index is 1510. The first-order valence-electron chi connectivity index (χ1n) is 9.84. The van der Waals surface area contributed by atoms with Crippen molar-refractivity contribution in [2.24, 2.45) is 20.4 Å². The largest absolute Gasteiger partial charge is 2.00 e. The molecule has 14 nitrogen and oxygen atoms in total. The van der Waals surface area contributed by atoms with Crippen molar-refractivity contribution in [1.29, 1.82) is 5.26 Å². The Labute approximate surface area is 246 Å². The number of carbonyl (C=O) groups excluding carboxylic acids is 2. The van der Waals surface area contributed by atoms with Gasteiger partial charge in [-0.2, -0.15) is 5.26 Å². The van der Waals surface area contributed by atoms with Crippen LogP contribution in [0.4, 0.5) is 0 Å². The zero-order chi connectivity index (χ0) is 27.3. The molecule has 1 radical (unpaired) electrons. The molecule has 2 aromatic rings. The summed E-state index contributed by atoms with van der Waals surface area (Å²) in [5.74, 6) is -0.509. The summed E-state index contributed by atoms with van der Waals surface area (Å²) in [6.45, 7) is 6.66. The molecule has 0 aliphatic heterocycles. The Hall–Kier alpha value is -3.85. The predicted molar refractivity (Wildman–Crippen MR) is 140 cm³/mol. The third kappa shape index (κ3) is 10.4. The minimum Gasteiger partial charge on any atom is -0.506 e. The molecule has 2 aromatic heterocycles. The fourth-order valence-corrected chi connectivity index (χ4v) is 4.77. The van der Waals surface area contributed by atoms with Gasteiger partial charge in [-0.25, -0.2) is 16.8 Å². The molecule has 0 atom stereocenters. The summed E-state index contributed by atoms with van der Waals surface area (Å²) >= 11 is 4.91. The van der Waals surface area contributed by atoms with E-state index in [1.54, 1.807) is 0 Å². The maximum Gasteiger partial charge on any atom is 2.00 e. The van der Waals surface area contributed by atoms with E-state index < -0.39 is 0 Å². The van der Waals surface area contributed by atoms with Gasteiger partial charge < -0.3 is 35.5 Å². The molecule has 0 bridgehead atoms. The van der Waals surface area contributed by atoms with Crippen LogP contribution < -0.4 is 19.8 Å². The molecular weight excluding hydrogens is 631 g/mol. The van der Waals surface area contributed by atoms with Gasteiger partial charge in [-0.15, -0.1) is 22.7 Å². The van der Waals surface area contributed by atoms with Gasteiger partial charge in [0.1, 0.15) is 27.3 Å². The van der Waals surface area contributed by atoms with Gasteiger partial charge in [0.25, 0.3) is 5.88 Å². The quantitative estimate of drug-likeness (QED) is 0.199. The Morgan fingerprint density at radius 3 is 1.82 bits per heavy atom. The minimum atomic E-state index is -0.303. The molecule has 2 heterocycles. The van der Waals surface area contributed by atoms with Crippen molar-refractivity contribution in [1.82, 2.24) is 20.4 Å². The van der Waals surface area contributed by atoms with E-state index in [0.29, 0.717) is 18.3 Å². The van der Waals surface area contributed by atoms with Crippen LogP contribution in [0.15, 0.2) is 77.1 Å². The zero-order valence-electron chi connectivity index (χ0n) is 19.0. The minimum absolute atomic E-state index is 0. The molecule has 2 aliphatic rings. The number of nitriles is 1. The van der Waals surface area contributed by atoms with E-state index in [4.69, 9.17) is 11.8 Å². The summed E-state index contributed by atoms with van der Waals surface area (Å²) in [5.41, 5.74) is 0.367. The smallest absolute Gasteiger partial charge is 0.506 e. The SMILES string of the molecule is N#CCSc1n[n-]/c(=N/N=C2/C=CC(=O)C=C2O)s1.[C-]#[N+]CSc1n[n-]/c(=N/N=C2/C=CC(=O)C=C2O)s1.[Co+2]. The van der Waals surface area contributed by atoms with Gasteiger partial charge in [-0.1, -0.05) is 11.8 Å². The molecule has 4 rings (SSSR count). The van der Waals surface area contributed by atoms with Crippen LogP contribution in [0, 0.1) is 17.9 Å². The molecule has 0 saturated carbocycles. The summed E-state index contributed by atoms with van der Waals surface area (Å²) in [5, 5.41) is 57.7. The van der Waals surface area contributed by atoms with E-state index in [-0.39, 0.29) is 62.9 Å². The summed E-state index contributed by atoms with van der Waals surface area (Å²) in [7, 11) is 0. The van der Waals surface area contributed by atoms with Crippen molar-refractivity contribution in [3.63, 3.8) is 0 Å². The number of hydrogen-bond acceptors (Lipinski definition) is 15. The molecule has 0 saturated heterocycles. The molecule has 0 aromatic carbocycles. The van der Waals surface area contributed by atoms with Crippen molar-refractivity contribution in [2.45, 2.75) is 8.68 Å². The number of thioether (sulfide) groups is 2. The second kappa shape index (κ2) is 16.2. The van der Waals surface area contributed by atoms with Crippen LogP contribution in [-0.2, 0) is 26.4 Å². The normalized spacial score (nSPS) is 17.2. The second-order valence-corrected chi connectivity index (χ2v) is 10.6. The van der Waals surface area contributed by atoms with Gasteiger partial charge in [0.2, 0.25) is 0 Å². The van der Waals surface area contributed by atoms with Gasteiger partial charge in [-0.05, 0) is 36.1 Å². The first-order chi connectivity index (χ1) is 18.4. The summed E-state index contributed by atoms with van der Waals surface area (Å²) in [6.07, 6.45) is 7.42. The van der Waals surface area contributed by atoms with E-state index in [1.807, 2.05) is 6.07 Å².